The van der Waals surface area contributed by atoms with Gasteiger partial charge in [-0.2, -0.15) is 0 Å². The summed E-state index contributed by atoms with van der Waals surface area (Å²) in [7, 11) is 0. The van der Waals surface area contributed by atoms with Crippen molar-refractivity contribution >= 4 is 29.3 Å². The van der Waals surface area contributed by atoms with E-state index >= 15 is 0 Å². The van der Waals surface area contributed by atoms with Crippen molar-refractivity contribution in [3.05, 3.63) is 48.2 Å². The van der Waals surface area contributed by atoms with E-state index < -0.39 is 0 Å². The Morgan fingerprint density at radius 3 is 2.51 bits per heavy atom. The maximum absolute atomic E-state index is 12.9. The van der Waals surface area contributed by atoms with E-state index in [4.69, 9.17) is 4.42 Å². The average Bonchev–Trinajstić information content (AvgIpc) is 3.65. The first-order chi connectivity index (χ1) is 17.2. The highest BCUT2D eigenvalue weighted by Crippen LogP contribution is 2.35. The summed E-state index contributed by atoms with van der Waals surface area (Å²) < 4.78 is 7.74. The van der Waals surface area contributed by atoms with Crippen molar-refractivity contribution in [1.82, 2.24) is 20.1 Å². The van der Waals surface area contributed by atoms with Gasteiger partial charge in [0.15, 0.2) is 10.9 Å². The second-order valence-electron chi connectivity index (χ2n) is 9.28. The first-order valence-electron chi connectivity index (χ1n) is 12.5. The molecule has 2 N–H and O–H groups in total. The largest absolute Gasteiger partial charge is 0.461 e. The van der Waals surface area contributed by atoms with Gasteiger partial charge in [-0.15, -0.1) is 10.2 Å². The normalized spacial score (nSPS) is 16.9. The Hall–Kier alpha value is -3.07. The predicted molar refractivity (Wildman–Crippen MR) is 135 cm³/mol. The molecule has 5 rings (SSSR count). The molecular weight excluding hydrogens is 462 g/mol. The van der Waals surface area contributed by atoms with Gasteiger partial charge in [0, 0.05) is 12.1 Å². The van der Waals surface area contributed by atoms with Gasteiger partial charge in [-0.25, -0.2) is 0 Å². The lowest BCUT2D eigenvalue weighted by molar-refractivity contribution is -0.113. The second kappa shape index (κ2) is 11.1. The Bertz CT molecular complexity index is 1150. The van der Waals surface area contributed by atoms with E-state index in [2.05, 4.69) is 25.4 Å². The van der Waals surface area contributed by atoms with Gasteiger partial charge in [0.05, 0.1) is 23.3 Å². The summed E-state index contributed by atoms with van der Waals surface area (Å²) in [4.78, 5) is 25.7. The van der Waals surface area contributed by atoms with Crippen LogP contribution in [0.25, 0.3) is 11.6 Å². The molecule has 2 aliphatic carbocycles. The monoisotopic (exact) mass is 493 g/mol. The molecule has 0 bridgehead atoms. The fourth-order valence-corrected chi connectivity index (χ4v) is 5.86. The molecule has 0 unspecified atom stereocenters. The van der Waals surface area contributed by atoms with Crippen LogP contribution < -0.4 is 10.6 Å². The molecule has 0 spiro atoms. The van der Waals surface area contributed by atoms with Crippen molar-refractivity contribution in [1.29, 1.82) is 0 Å². The summed E-state index contributed by atoms with van der Waals surface area (Å²) in [5.74, 6) is 1.23. The molecule has 8 nitrogen and oxygen atoms in total. The van der Waals surface area contributed by atoms with Crippen LogP contribution >= 0.6 is 11.8 Å². The highest BCUT2D eigenvalue weighted by Gasteiger charge is 2.26. The van der Waals surface area contributed by atoms with Gasteiger partial charge in [0.1, 0.15) is 0 Å². The summed E-state index contributed by atoms with van der Waals surface area (Å²) in [6.07, 6.45) is 11.7. The first-order valence-corrected chi connectivity index (χ1v) is 13.5. The van der Waals surface area contributed by atoms with Gasteiger partial charge in [-0.3, -0.25) is 14.2 Å². The average molecular weight is 494 g/mol. The van der Waals surface area contributed by atoms with E-state index in [-0.39, 0.29) is 23.6 Å². The first kappa shape index (κ1) is 23.7. The van der Waals surface area contributed by atoms with E-state index in [1.54, 1.807) is 18.4 Å². The van der Waals surface area contributed by atoms with Crippen molar-refractivity contribution in [2.45, 2.75) is 75.0 Å². The number of furan rings is 1. The topological polar surface area (TPSA) is 102 Å². The van der Waals surface area contributed by atoms with Crippen LogP contribution in [0.5, 0.6) is 0 Å². The van der Waals surface area contributed by atoms with Gasteiger partial charge in [-0.1, -0.05) is 56.0 Å². The van der Waals surface area contributed by atoms with E-state index in [1.807, 2.05) is 24.3 Å². The zero-order valence-corrected chi connectivity index (χ0v) is 20.6. The minimum atomic E-state index is -0.186. The Balaban J connectivity index is 1.27. The molecule has 1 aromatic carbocycles. The number of nitrogens with zero attached hydrogens (tertiary/aromatic N) is 3. The minimum absolute atomic E-state index is 0.138. The Labute approximate surface area is 209 Å². The lowest BCUT2D eigenvalue weighted by Crippen LogP contribution is -2.33. The van der Waals surface area contributed by atoms with Crippen LogP contribution in [-0.4, -0.2) is 38.4 Å². The molecular formula is C26H31N5O3S. The quantitative estimate of drug-likeness (QED) is 0.405. The number of carbonyl (C=O) groups is 2. The fourth-order valence-electron chi connectivity index (χ4n) is 5.06. The molecule has 184 valence electrons. The number of nitrogens with one attached hydrogen (secondary N) is 2. The predicted octanol–water partition coefficient (Wildman–Crippen LogP) is 5.45. The van der Waals surface area contributed by atoms with Crippen molar-refractivity contribution in [2.75, 3.05) is 11.1 Å². The second-order valence-corrected chi connectivity index (χ2v) is 10.2. The van der Waals surface area contributed by atoms with E-state index in [0.717, 1.165) is 38.5 Å². The van der Waals surface area contributed by atoms with Crippen LogP contribution in [0.3, 0.4) is 0 Å². The molecule has 2 aromatic heterocycles. The molecule has 2 aliphatic rings. The van der Waals surface area contributed by atoms with Crippen molar-refractivity contribution in [3.63, 3.8) is 0 Å². The van der Waals surface area contributed by atoms with Crippen molar-refractivity contribution in [3.8, 4) is 11.6 Å². The number of hydrogen-bond donors (Lipinski definition) is 2. The van der Waals surface area contributed by atoms with E-state index in [1.165, 1.54) is 31.0 Å². The number of carbonyl (C=O) groups excluding carboxylic acids is 2. The van der Waals surface area contributed by atoms with Crippen molar-refractivity contribution < 1.29 is 14.0 Å². The number of amides is 2. The molecule has 0 radical (unpaired) electrons. The van der Waals surface area contributed by atoms with Gasteiger partial charge >= 0.3 is 0 Å². The van der Waals surface area contributed by atoms with Crippen molar-refractivity contribution in [2.24, 2.45) is 0 Å². The lowest BCUT2D eigenvalue weighted by atomic mass is 9.95. The van der Waals surface area contributed by atoms with Gasteiger partial charge < -0.3 is 15.1 Å². The molecule has 3 aromatic rings. The third-order valence-electron chi connectivity index (χ3n) is 6.81. The minimum Gasteiger partial charge on any atom is -0.461 e. The number of aromatic nitrogens is 3. The fraction of sp³-hybridized carbons (Fsp3) is 0.462. The summed E-state index contributed by atoms with van der Waals surface area (Å²) in [6.45, 7) is 0. The van der Waals surface area contributed by atoms with Crippen LogP contribution in [0.4, 0.5) is 5.69 Å². The maximum atomic E-state index is 12.9. The molecule has 9 heteroatoms. The number of benzene rings is 1. The molecule has 2 fully saturated rings. The van der Waals surface area contributed by atoms with Crippen LogP contribution in [0, 0.1) is 0 Å². The molecule has 0 aliphatic heterocycles. The van der Waals surface area contributed by atoms with E-state index in [0.29, 0.717) is 34.0 Å². The number of thioether (sulfide) groups is 1. The summed E-state index contributed by atoms with van der Waals surface area (Å²) in [6, 6.07) is 11.4. The maximum Gasteiger partial charge on any atom is 0.253 e. The van der Waals surface area contributed by atoms with E-state index in [9.17, 15) is 9.59 Å². The Morgan fingerprint density at radius 2 is 1.74 bits per heavy atom. The highest BCUT2D eigenvalue weighted by molar-refractivity contribution is 7.99. The van der Waals surface area contributed by atoms with Gasteiger partial charge in [0.2, 0.25) is 11.7 Å². The Kier molecular flexibility index (Phi) is 7.51. The molecule has 2 saturated carbocycles. The van der Waals surface area contributed by atoms with Crippen LogP contribution in [0.2, 0.25) is 0 Å². The third-order valence-corrected chi connectivity index (χ3v) is 7.76. The number of rotatable bonds is 8. The Morgan fingerprint density at radius 1 is 0.971 bits per heavy atom. The number of hydrogen-bond acceptors (Lipinski definition) is 6. The molecule has 2 heterocycles. The van der Waals surface area contributed by atoms with Crippen LogP contribution in [0.15, 0.2) is 52.2 Å². The van der Waals surface area contributed by atoms with Crippen LogP contribution in [0.1, 0.15) is 74.2 Å². The van der Waals surface area contributed by atoms with Crippen LogP contribution in [-0.2, 0) is 4.79 Å². The summed E-state index contributed by atoms with van der Waals surface area (Å²) in [5, 5.41) is 15.5. The SMILES string of the molecule is O=C(CSc1nnc(-c2ccco2)n1C1CCCCC1)Nc1ccccc1C(=O)NC1CCCC1. The molecule has 0 atom stereocenters. The lowest BCUT2D eigenvalue weighted by Gasteiger charge is -2.25. The highest BCUT2D eigenvalue weighted by atomic mass is 32.2. The number of anilines is 1. The zero-order valence-electron chi connectivity index (χ0n) is 19.7. The number of para-hydroxylation sites is 1. The third kappa shape index (κ3) is 5.61. The van der Waals surface area contributed by atoms with Gasteiger partial charge in [0.25, 0.3) is 5.91 Å². The standard InChI is InChI=1S/C26H31N5O3S/c32-23(28-21-14-7-6-13-20(21)25(33)27-18-9-4-5-10-18)17-35-26-30-29-24(22-15-8-16-34-22)31(26)19-11-2-1-3-12-19/h6-8,13-16,18-19H,1-5,9-12,17H2,(H,27,33)(H,28,32). The molecule has 2 amide bonds. The zero-order chi connectivity index (χ0) is 24.0. The summed E-state index contributed by atoms with van der Waals surface area (Å²) >= 11 is 1.36. The van der Waals surface area contributed by atoms with Gasteiger partial charge in [-0.05, 0) is 49.9 Å². The smallest absolute Gasteiger partial charge is 0.253 e. The molecule has 0 saturated heterocycles. The summed E-state index contributed by atoms with van der Waals surface area (Å²) in [5.41, 5.74) is 1.02. The molecule has 35 heavy (non-hydrogen) atoms.